The number of rotatable bonds is 5. The van der Waals surface area contributed by atoms with E-state index in [1.807, 2.05) is 18.2 Å². The Morgan fingerprint density at radius 2 is 2.00 bits per heavy atom. The Morgan fingerprint density at radius 3 is 2.53 bits per heavy atom. The van der Waals surface area contributed by atoms with Crippen LogP contribution in [-0.4, -0.2) is 6.54 Å². The van der Waals surface area contributed by atoms with Gasteiger partial charge in [-0.25, -0.2) is 0 Å². The highest BCUT2D eigenvalue weighted by molar-refractivity contribution is 9.10. The van der Waals surface area contributed by atoms with Crippen LogP contribution < -0.4 is 11.1 Å². The van der Waals surface area contributed by atoms with Crippen LogP contribution >= 0.6 is 15.9 Å². The molecule has 0 aromatic heterocycles. The number of anilines is 2. The molecule has 0 unspecified atom stereocenters. The van der Waals surface area contributed by atoms with Crippen LogP contribution in [0.1, 0.15) is 26.7 Å². The molecule has 0 aliphatic carbocycles. The lowest BCUT2D eigenvalue weighted by atomic mass is 10.0. The Morgan fingerprint density at radius 1 is 1.33 bits per heavy atom. The third-order valence-corrected chi connectivity index (χ3v) is 3.24. The normalized spacial score (nSPS) is 10.7. The molecule has 3 heteroatoms. The molecule has 0 aliphatic heterocycles. The third-order valence-electron chi connectivity index (χ3n) is 2.75. The molecule has 84 valence electrons. The molecule has 1 aromatic rings. The molecule has 0 atom stereocenters. The molecule has 0 fully saturated rings. The minimum absolute atomic E-state index is 0.730. The van der Waals surface area contributed by atoms with Crippen LogP contribution in [0.25, 0.3) is 0 Å². The van der Waals surface area contributed by atoms with Crippen molar-refractivity contribution in [1.29, 1.82) is 0 Å². The molecule has 0 radical (unpaired) electrons. The predicted molar refractivity (Wildman–Crippen MR) is 71.1 cm³/mol. The molecule has 0 spiro atoms. The molecule has 0 bridgehead atoms. The maximum atomic E-state index is 5.90. The third kappa shape index (κ3) is 3.74. The van der Waals surface area contributed by atoms with E-state index in [0.717, 1.165) is 28.3 Å². The zero-order valence-corrected chi connectivity index (χ0v) is 11.0. The van der Waals surface area contributed by atoms with Crippen molar-refractivity contribution in [2.75, 3.05) is 17.6 Å². The van der Waals surface area contributed by atoms with E-state index in [1.165, 1.54) is 12.8 Å². The highest BCUT2D eigenvalue weighted by Gasteiger charge is 2.04. The monoisotopic (exact) mass is 270 g/mol. The molecule has 0 aliphatic rings. The first-order valence-electron chi connectivity index (χ1n) is 5.46. The fourth-order valence-electron chi connectivity index (χ4n) is 1.53. The summed E-state index contributed by atoms with van der Waals surface area (Å²) in [5.74, 6) is 0.730. The van der Waals surface area contributed by atoms with Crippen LogP contribution in [0.4, 0.5) is 11.4 Å². The molecule has 1 aromatic carbocycles. The number of nitrogens with one attached hydrogen (secondary N) is 1. The number of benzene rings is 1. The van der Waals surface area contributed by atoms with Gasteiger partial charge in [-0.3, -0.25) is 0 Å². The summed E-state index contributed by atoms with van der Waals surface area (Å²) < 4.78 is 1.02. The van der Waals surface area contributed by atoms with Crippen LogP contribution in [0.5, 0.6) is 0 Å². The van der Waals surface area contributed by atoms with Crippen LogP contribution in [0, 0.1) is 5.92 Å². The molecule has 15 heavy (non-hydrogen) atoms. The van der Waals surface area contributed by atoms with Crippen molar-refractivity contribution in [2.45, 2.75) is 26.7 Å². The van der Waals surface area contributed by atoms with Gasteiger partial charge in [0, 0.05) is 11.0 Å². The minimum Gasteiger partial charge on any atom is -0.397 e. The van der Waals surface area contributed by atoms with E-state index < -0.39 is 0 Å². The van der Waals surface area contributed by atoms with Crippen molar-refractivity contribution in [2.24, 2.45) is 5.92 Å². The Balaban J connectivity index is 2.57. The molecular weight excluding hydrogens is 252 g/mol. The van der Waals surface area contributed by atoms with Gasteiger partial charge in [-0.1, -0.05) is 42.6 Å². The van der Waals surface area contributed by atoms with Crippen LogP contribution in [0.3, 0.4) is 0 Å². The predicted octanol–water partition coefficient (Wildman–Crippen LogP) is 3.88. The first-order chi connectivity index (χ1) is 7.17. The van der Waals surface area contributed by atoms with Crippen molar-refractivity contribution in [3.8, 4) is 0 Å². The van der Waals surface area contributed by atoms with E-state index in [1.54, 1.807) is 0 Å². The van der Waals surface area contributed by atoms with Gasteiger partial charge in [0.05, 0.1) is 11.4 Å². The molecule has 0 heterocycles. The van der Waals surface area contributed by atoms with Gasteiger partial charge in [-0.15, -0.1) is 0 Å². The van der Waals surface area contributed by atoms with Crippen LogP contribution in [0.15, 0.2) is 22.7 Å². The topological polar surface area (TPSA) is 38.0 Å². The maximum absolute atomic E-state index is 5.90. The van der Waals surface area contributed by atoms with Gasteiger partial charge >= 0.3 is 0 Å². The number of nitrogens with two attached hydrogens (primary N) is 1. The van der Waals surface area contributed by atoms with Gasteiger partial charge in [-0.05, 0) is 24.1 Å². The molecule has 1 rings (SSSR count). The fourth-order valence-corrected chi connectivity index (χ4v) is 1.91. The van der Waals surface area contributed by atoms with E-state index in [2.05, 4.69) is 35.1 Å². The van der Waals surface area contributed by atoms with Crippen LogP contribution in [-0.2, 0) is 0 Å². The van der Waals surface area contributed by atoms with Gasteiger partial charge in [0.2, 0.25) is 0 Å². The van der Waals surface area contributed by atoms with E-state index in [9.17, 15) is 0 Å². The van der Waals surface area contributed by atoms with Crippen molar-refractivity contribution < 1.29 is 0 Å². The van der Waals surface area contributed by atoms with Gasteiger partial charge in [-0.2, -0.15) is 0 Å². The molecular formula is C12H19BrN2. The molecule has 0 amide bonds. The quantitative estimate of drug-likeness (QED) is 0.797. The second-order valence-corrected chi connectivity index (χ2v) is 4.71. The second kappa shape index (κ2) is 6.01. The smallest absolute Gasteiger partial charge is 0.0574 e. The number of hydrogen-bond donors (Lipinski definition) is 2. The van der Waals surface area contributed by atoms with E-state index in [0.29, 0.717) is 0 Å². The van der Waals surface area contributed by atoms with Crippen molar-refractivity contribution in [3.63, 3.8) is 0 Å². The molecule has 2 nitrogen and oxygen atoms in total. The van der Waals surface area contributed by atoms with Gasteiger partial charge in [0.1, 0.15) is 0 Å². The Labute approximate surface area is 100 Å². The average molecular weight is 271 g/mol. The largest absolute Gasteiger partial charge is 0.397 e. The standard InChI is InChI=1S/C12H19BrN2/c1-3-9(4-2)8-15-12-6-5-10(13)7-11(12)14/h5-7,9,15H,3-4,8,14H2,1-2H3. The average Bonchev–Trinajstić information content (AvgIpc) is 2.22. The zero-order chi connectivity index (χ0) is 11.3. The number of nitrogen functional groups attached to an aromatic ring is 1. The Kier molecular flexibility index (Phi) is 4.95. The van der Waals surface area contributed by atoms with Crippen molar-refractivity contribution >= 4 is 27.3 Å². The Bertz CT molecular complexity index is 308. The fraction of sp³-hybridized carbons (Fsp3) is 0.500. The summed E-state index contributed by atoms with van der Waals surface area (Å²) in [7, 11) is 0. The van der Waals surface area contributed by atoms with Crippen molar-refractivity contribution in [1.82, 2.24) is 0 Å². The molecule has 0 saturated carbocycles. The summed E-state index contributed by atoms with van der Waals surface area (Å²) in [5.41, 5.74) is 7.73. The highest BCUT2D eigenvalue weighted by atomic mass is 79.9. The molecule has 3 N–H and O–H groups in total. The SMILES string of the molecule is CCC(CC)CNc1ccc(Br)cc1N. The second-order valence-electron chi connectivity index (χ2n) is 3.79. The van der Waals surface area contributed by atoms with E-state index in [-0.39, 0.29) is 0 Å². The first-order valence-corrected chi connectivity index (χ1v) is 6.25. The van der Waals surface area contributed by atoms with E-state index in [4.69, 9.17) is 5.73 Å². The summed E-state index contributed by atoms with van der Waals surface area (Å²) in [6, 6.07) is 5.95. The lowest BCUT2D eigenvalue weighted by Gasteiger charge is -2.15. The summed E-state index contributed by atoms with van der Waals surface area (Å²) in [6.07, 6.45) is 2.42. The number of hydrogen-bond acceptors (Lipinski definition) is 2. The lowest BCUT2D eigenvalue weighted by molar-refractivity contribution is 0.519. The van der Waals surface area contributed by atoms with E-state index >= 15 is 0 Å². The first kappa shape index (κ1) is 12.4. The maximum Gasteiger partial charge on any atom is 0.0574 e. The lowest BCUT2D eigenvalue weighted by Crippen LogP contribution is -2.13. The summed E-state index contributed by atoms with van der Waals surface area (Å²) in [4.78, 5) is 0. The number of halogens is 1. The summed E-state index contributed by atoms with van der Waals surface area (Å²) >= 11 is 3.40. The van der Waals surface area contributed by atoms with Gasteiger partial charge in [0.15, 0.2) is 0 Å². The summed E-state index contributed by atoms with van der Waals surface area (Å²) in [6.45, 7) is 5.44. The van der Waals surface area contributed by atoms with Crippen molar-refractivity contribution in [3.05, 3.63) is 22.7 Å². The van der Waals surface area contributed by atoms with Gasteiger partial charge in [0.25, 0.3) is 0 Å². The minimum atomic E-state index is 0.730. The van der Waals surface area contributed by atoms with Crippen LogP contribution in [0.2, 0.25) is 0 Å². The highest BCUT2D eigenvalue weighted by Crippen LogP contribution is 2.23. The zero-order valence-electron chi connectivity index (χ0n) is 9.39. The summed E-state index contributed by atoms with van der Waals surface area (Å²) in [5, 5.41) is 3.40. The molecule has 0 saturated heterocycles. The Hall–Kier alpha value is -0.700. The van der Waals surface area contributed by atoms with Gasteiger partial charge < -0.3 is 11.1 Å².